The summed E-state index contributed by atoms with van der Waals surface area (Å²) in [5.74, 6) is 0.818. The van der Waals surface area contributed by atoms with Crippen LogP contribution in [-0.4, -0.2) is 46.3 Å². The van der Waals surface area contributed by atoms with Gasteiger partial charge in [0.15, 0.2) is 5.65 Å². The van der Waals surface area contributed by atoms with Crippen molar-refractivity contribution < 1.29 is 0 Å². The first-order valence-electron chi connectivity index (χ1n) is 7.81. The number of aromatic nitrogens is 3. The van der Waals surface area contributed by atoms with Gasteiger partial charge < -0.3 is 10.2 Å². The molecule has 0 aromatic carbocycles. The normalized spacial score (nSPS) is 17.7. The fourth-order valence-corrected chi connectivity index (χ4v) is 3.13. The number of pyridine rings is 1. The Balaban J connectivity index is 1.57. The summed E-state index contributed by atoms with van der Waals surface area (Å²) in [6, 6.07) is 2.21. The standard InChI is InChI=1S/C16H25N5/c1-12-15-8-14(11-18-16(15)21(3)19-12)10-17-9-13-4-6-20(2)7-5-13/h8,11,13,17H,4-7,9-10H2,1-3H3. The Labute approximate surface area is 126 Å². The van der Waals surface area contributed by atoms with Gasteiger partial charge in [-0.15, -0.1) is 0 Å². The molecule has 3 rings (SSSR count). The minimum atomic E-state index is 0.818. The second kappa shape index (κ2) is 6.12. The number of likely N-dealkylation sites (tertiary alicyclic amines) is 1. The molecule has 5 nitrogen and oxygen atoms in total. The van der Waals surface area contributed by atoms with Crippen LogP contribution in [-0.2, 0) is 13.6 Å². The van der Waals surface area contributed by atoms with E-state index in [0.717, 1.165) is 35.7 Å². The maximum absolute atomic E-state index is 4.53. The maximum atomic E-state index is 4.53. The van der Waals surface area contributed by atoms with E-state index in [0.29, 0.717) is 0 Å². The highest BCUT2D eigenvalue weighted by atomic mass is 15.3. The molecule has 0 spiro atoms. The van der Waals surface area contributed by atoms with Gasteiger partial charge in [-0.05, 0) is 64.0 Å². The number of aryl methyl sites for hydroxylation is 2. The molecule has 1 saturated heterocycles. The SMILES string of the molecule is Cc1nn(C)c2ncc(CNCC3CCN(C)CC3)cc12. The van der Waals surface area contributed by atoms with E-state index >= 15 is 0 Å². The van der Waals surface area contributed by atoms with Crippen molar-refractivity contribution in [1.82, 2.24) is 25.0 Å². The van der Waals surface area contributed by atoms with Gasteiger partial charge >= 0.3 is 0 Å². The molecule has 1 N–H and O–H groups in total. The lowest BCUT2D eigenvalue weighted by Crippen LogP contribution is -2.34. The minimum Gasteiger partial charge on any atom is -0.312 e. The minimum absolute atomic E-state index is 0.818. The van der Waals surface area contributed by atoms with Gasteiger partial charge in [-0.25, -0.2) is 4.98 Å². The Hall–Kier alpha value is -1.46. The molecule has 21 heavy (non-hydrogen) atoms. The molecule has 0 saturated carbocycles. The van der Waals surface area contributed by atoms with Crippen molar-refractivity contribution in [3.63, 3.8) is 0 Å². The lowest BCUT2D eigenvalue weighted by atomic mass is 9.97. The molecule has 2 aromatic heterocycles. The van der Waals surface area contributed by atoms with Gasteiger partial charge in [0.2, 0.25) is 0 Å². The molecule has 0 radical (unpaired) electrons. The number of hydrogen-bond acceptors (Lipinski definition) is 4. The highest BCUT2D eigenvalue weighted by molar-refractivity contribution is 5.78. The van der Waals surface area contributed by atoms with Crippen LogP contribution in [0.4, 0.5) is 0 Å². The Bertz CT molecular complexity index is 610. The van der Waals surface area contributed by atoms with Gasteiger partial charge in [-0.3, -0.25) is 4.68 Å². The second-order valence-corrected chi connectivity index (χ2v) is 6.30. The smallest absolute Gasteiger partial charge is 0.157 e. The van der Waals surface area contributed by atoms with Crippen molar-refractivity contribution in [2.24, 2.45) is 13.0 Å². The summed E-state index contributed by atoms with van der Waals surface area (Å²) in [4.78, 5) is 6.95. The summed E-state index contributed by atoms with van der Waals surface area (Å²) in [5.41, 5.74) is 3.26. The fraction of sp³-hybridized carbons (Fsp3) is 0.625. The lowest BCUT2D eigenvalue weighted by molar-refractivity contribution is 0.216. The van der Waals surface area contributed by atoms with Gasteiger partial charge in [0.05, 0.1) is 5.69 Å². The second-order valence-electron chi connectivity index (χ2n) is 6.30. The van der Waals surface area contributed by atoms with Crippen molar-refractivity contribution in [2.75, 3.05) is 26.7 Å². The number of hydrogen-bond donors (Lipinski definition) is 1. The van der Waals surface area contributed by atoms with Crippen LogP contribution in [0.5, 0.6) is 0 Å². The summed E-state index contributed by atoms with van der Waals surface area (Å²) < 4.78 is 1.85. The number of piperidine rings is 1. The molecular weight excluding hydrogens is 262 g/mol. The molecule has 2 aromatic rings. The van der Waals surface area contributed by atoms with Crippen LogP contribution in [0.2, 0.25) is 0 Å². The Kier molecular flexibility index (Phi) is 4.22. The number of rotatable bonds is 4. The summed E-state index contributed by atoms with van der Waals surface area (Å²) in [7, 11) is 4.15. The quantitative estimate of drug-likeness (QED) is 0.930. The van der Waals surface area contributed by atoms with Gasteiger partial charge in [0.25, 0.3) is 0 Å². The van der Waals surface area contributed by atoms with Crippen LogP contribution in [0.15, 0.2) is 12.3 Å². The summed E-state index contributed by atoms with van der Waals surface area (Å²) in [6.07, 6.45) is 4.58. The monoisotopic (exact) mass is 287 g/mol. The third-order valence-electron chi connectivity index (χ3n) is 4.52. The van der Waals surface area contributed by atoms with E-state index in [-0.39, 0.29) is 0 Å². The van der Waals surface area contributed by atoms with Crippen molar-refractivity contribution in [3.05, 3.63) is 23.5 Å². The van der Waals surface area contributed by atoms with Gasteiger partial charge in [0.1, 0.15) is 0 Å². The number of fused-ring (bicyclic) bond motifs is 1. The van der Waals surface area contributed by atoms with Crippen LogP contribution in [0.25, 0.3) is 11.0 Å². The average molecular weight is 287 g/mol. The highest BCUT2D eigenvalue weighted by Gasteiger charge is 2.16. The van der Waals surface area contributed by atoms with Crippen LogP contribution in [0.3, 0.4) is 0 Å². The molecule has 0 bridgehead atoms. The average Bonchev–Trinajstić information content (AvgIpc) is 2.76. The zero-order valence-corrected chi connectivity index (χ0v) is 13.3. The van der Waals surface area contributed by atoms with E-state index in [9.17, 15) is 0 Å². The molecule has 114 valence electrons. The highest BCUT2D eigenvalue weighted by Crippen LogP contribution is 2.17. The molecule has 3 heterocycles. The summed E-state index contributed by atoms with van der Waals surface area (Å²) in [6.45, 7) is 6.50. The summed E-state index contributed by atoms with van der Waals surface area (Å²) >= 11 is 0. The van der Waals surface area contributed by atoms with Crippen LogP contribution in [0.1, 0.15) is 24.1 Å². The van der Waals surface area contributed by atoms with E-state index in [1.165, 1.54) is 31.5 Å². The predicted molar refractivity (Wildman–Crippen MR) is 85.2 cm³/mol. The Morgan fingerprint density at radius 2 is 2.05 bits per heavy atom. The molecular formula is C16H25N5. The van der Waals surface area contributed by atoms with Crippen molar-refractivity contribution in [3.8, 4) is 0 Å². The van der Waals surface area contributed by atoms with Crippen molar-refractivity contribution in [1.29, 1.82) is 0 Å². The topological polar surface area (TPSA) is 46.0 Å². The third kappa shape index (κ3) is 3.24. The van der Waals surface area contributed by atoms with Crippen LogP contribution >= 0.6 is 0 Å². The van der Waals surface area contributed by atoms with Gasteiger partial charge in [-0.1, -0.05) is 0 Å². The van der Waals surface area contributed by atoms with Crippen molar-refractivity contribution in [2.45, 2.75) is 26.3 Å². The largest absolute Gasteiger partial charge is 0.312 e. The van der Waals surface area contributed by atoms with E-state index in [4.69, 9.17) is 0 Å². The van der Waals surface area contributed by atoms with E-state index in [1.807, 2.05) is 24.9 Å². The zero-order valence-electron chi connectivity index (χ0n) is 13.3. The first kappa shape index (κ1) is 14.5. The Morgan fingerprint density at radius 1 is 1.29 bits per heavy atom. The molecule has 0 atom stereocenters. The first-order valence-corrected chi connectivity index (χ1v) is 7.81. The fourth-order valence-electron chi connectivity index (χ4n) is 3.13. The maximum Gasteiger partial charge on any atom is 0.157 e. The first-order chi connectivity index (χ1) is 10.1. The zero-order chi connectivity index (χ0) is 14.8. The number of nitrogens with zero attached hydrogens (tertiary/aromatic N) is 4. The van der Waals surface area contributed by atoms with E-state index in [1.54, 1.807) is 0 Å². The molecule has 1 fully saturated rings. The van der Waals surface area contributed by atoms with Crippen LogP contribution in [0, 0.1) is 12.8 Å². The molecule has 0 unspecified atom stereocenters. The van der Waals surface area contributed by atoms with Gasteiger partial charge in [-0.2, -0.15) is 5.10 Å². The molecule has 5 heteroatoms. The molecule has 1 aliphatic heterocycles. The Morgan fingerprint density at radius 3 is 2.81 bits per heavy atom. The predicted octanol–water partition coefficient (Wildman–Crippen LogP) is 1.71. The lowest BCUT2D eigenvalue weighted by Gasteiger charge is -2.29. The molecule has 1 aliphatic rings. The molecule has 0 aliphatic carbocycles. The van der Waals surface area contributed by atoms with E-state index < -0.39 is 0 Å². The summed E-state index contributed by atoms with van der Waals surface area (Å²) in [5, 5.41) is 9.18. The van der Waals surface area contributed by atoms with E-state index in [2.05, 4.69) is 33.4 Å². The van der Waals surface area contributed by atoms with Crippen LogP contribution < -0.4 is 5.32 Å². The number of nitrogens with one attached hydrogen (secondary N) is 1. The van der Waals surface area contributed by atoms with Crippen molar-refractivity contribution >= 4 is 11.0 Å². The molecule has 0 amide bonds. The third-order valence-corrected chi connectivity index (χ3v) is 4.52. The van der Waals surface area contributed by atoms with Gasteiger partial charge in [0, 0.05) is 25.2 Å².